The Morgan fingerprint density at radius 3 is 2.66 bits per heavy atom. The summed E-state index contributed by atoms with van der Waals surface area (Å²) in [5.74, 6) is 2.98. The van der Waals surface area contributed by atoms with Crippen molar-refractivity contribution in [1.29, 1.82) is 0 Å². The summed E-state index contributed by atoms with van der Waals surface area (Å²) in [6, 6.07) is 4.14. The molecule has 2 heterocycles. The van der Waals surface area contributed by atoms with Crippen molar-refractivity contribution in [2.45, 2.75) is 45.1 Å². The monoisotopic (exact) mass is 395 g/mol. The van der Waals surface area contributed by atoms with Gasteiger partial charge in [-0.25, -0.2) is 0 Å². The predicted molar refractivity (Wildman–Crippen MR) is 114 cm³/mol. The second kappa shape index (κ2) is 9.11. The Hall–Kier alpha value is -2.83. The molecule has 0 unspecified atom stereocenters. The second-order valence-corrected chi connectivity index (χ2v) is 7.57. The number of aromatic nitrogens is 3. The standard InChI is InChI=1S/C22H29N5O2/c1-28-19-12-17-9-11-27(15-18(17)13-20(19)29-2)21-14-24-26-22(25-21)23-10-8-16-6-4-3-5-7-16/h6,12-14H,3-5,7-11,15H2,1-2H3,(H,23,25,26). The molecule has 1 aromatic heterocycles. The number of hydrogen-bond donors (Lipinski definition) is 1. The van der Waals surface area contributed by atoms with Crippen molar-refractivity contribution in [1.82, 2.24) is 15.2 Å². The first-order valence-electron chi connectivity index (χ1n) is 10.4. The van der Waals surface area contributed by atoms with E-state index in [1.54, 1.807) is 26.0 Å². The molecule has 0 fully saturated rings. The van der Waals surface area contributed by atoms with Crippen LogP contribution in [-0.4, -0.2) is 42.5 Å². The summed E-state index contributed by atoms with van der Waals surface area (Å²) < 4.78 is 10.9. The van der Waals surface area contributed by atoms with E-state index in [0.717, 1.165) is 49.8 Å². The van der Waals surface area contributed by atoms with Crippen molar-refractivity contribution in [3.63, 3.8) is 0 Å². The van der Waals surface area contributed by atoms with E-state index in [4.69, 9.17) is 14.5 Å². The SMILES string of the molecule is COc1cc2c(cc1OC)CN(c1cnnc(NCCC3=CCCCC3)n1)CC2. The second-order valence-electron chi connectivity index (χ2n) is 7.57. The van der Waals surface area contributed by atoms with Crippen molar-refractivity contribution in [3.05, 3.63) is 41.1 Å². The number of ether oxygens (including phenoxy) is 2. The fourth-order valence-electron chi connectivity index (χ4n) is 4.07. The average molecular weight is 396 g/mol. The summed E-state index contributed by atoms with van der Waals surface area (Å²) in [6.45, 7) is 2.49. The van der Waals surface area contributed by atoms with Gasteiger partial charge in [-0.05, 0) is 61.8 Å². The van der Waals surface area contributed by atoms with E-state index in [-0.39, 0.29) is 0 Å². The van der Waals surface area contributed by atoms with Crippen LogP contribution in [-0.2, 0) is 13.0 Å². The average Bonchev–Trinajstić information content (AvgIpc) is 2.78. The Morgan fingerprint density at radius 2 is 1.90 bits per heavy atom. The Kier molecular flexibility index (Phi) is 6.12. The van der Waals surface area contributed by atoms with E-state index in [2.05, 4.69) is 38.6 Å². The number of anilines is 2. The van der Waals surface area contributed by atoms with Crippen LogP contribution in [0, 0.1) is 0 Å². The quantitative estimate of drug-likeness (QED) is 0.716. The Labute approximate surface area is 172 Å². The molecular weight excluding hydrogens is 366 g/mol. The Bertz CT molecular complexity index is 884. The molecule has 2 aliphatic rings. The third-order valence-corrected chi connectivity index (χ3v) is 5.70. The molecule has 29 heavy (non-hydrogen) atoms. The van der Waals surface area contributed by atoms with Crippen LogP contribution in [0.15, 0.2) is 30.0 Å². The van der Waals surface area contributed by atoms with Gasteiger partial charge in [-0.1, -0.05) is 11.6 Å². The molecule has 0 amide bonds. The molecular formula is C22H29N5O2. The van der Waals surface area contributed by atoms with Crippen molar-refractivity contribution < 1.29 is 9.47 Å². The number of nitrogens with zero attached hydrogens (tertiary/aromatic N) is 4. The van der Waals surface area contributed by atoms with Gasteiger partial charge in [0, 0.05) is 19.6 Å². The van der Waals surface area contributed by atoms with Gasteiger partial charge in [0.15, 0.2) is 17.3 Å². The van der Waals surface area contributed by atoms with E-state index in [1.165, 1.54) is 36.8 Å². The lowest BCUT2D eigenvalue weighted by Gasteiger charge is -2.30. The molecule has 1 aromatic carbocycles. The molecule has 0 saturated carbocycles. The van der Waals surface area contributed by atoms with Gasteiger partial charge in [-0.2, -0.15) is 10.1 Å². The zero-order chi connectivity index (χ0) is 20.1. The van der Waals surface area contributed by atoms with Crippen LogP contribution in [0.25, 0.3) is 0 Å². The van der Waals surface area contributed by atoms with Crippen LogP contribution in [0.1, 0.15) is 43.2 Å². The topological polar surface area (TPSA) is 72.4 Å². The maximum absolute atomic E-state index is 5.46. The van der Waals surface area contributed by atoms with E-state index in [1.807, 2.05) is 0 Å². The molecule has 1 aliphatic carbocycles. The third-order valence-electron chi connectivity index (χ3n) is 5.70. The zero-order valence-corrected chi connectivity index (χ0v) is 17.3. The first kappa shape index (κ1) is 19.5. The van der Waals surface area contributed by atoms with Crippen LogP contribution in [0.3, 0.4) is 0 Å². The van der Waals surface area contributed by atoms with Crippen molar-refractivity contribution in [2.75, 3.05) is 37.5 Å². The number of hydrogen-bond acceptors (Lipinski definition) is 7. The van der Waals surface area contributed by atoms with Gasteiger partial charge in [-0.15, -0.1) is 5.10 Å². The van der Waals surface area contributed by atoms with Crippen LogP contribution in [0.2, 0.25) is 0 Å². The lowest BCUT2D eigenvalue weighted by atomic mass is 9.97. The highest BCUT2D eigenvalue weighted by Gasteiger charge is 2.21. The summed E-state index contributed by atoms with van der Waals surface area (Å²) >= 11 is 0. The highest BCUT2D eigenvalue weighted by atomic mass is 16.5. The van der Waals surface area contributed by atoms with Crippen LogP contribution >= 0.6 is 0 Å². The number of methoxy groups -OCH3 is 2. The van der Waals surface area contributed by atoms with E-state index >= 15 is 0 Å². The van der Waals surface area contributed by atoms with Crippen molar-refractivity contribution in [2.24, 2.45) is 0 Å². The molecule has 0 atom stereocenters. The summed E-state index contributed by atoms with van der Waals surface area (Å²) in [7, 11) is 3.34. The molecule has 4 rings (SSSR count). The first-order valence-corrected chi connectivity index (χ1v) is 10.4. The lowest BCUT2D eigenvalue weighted by Crippen LogP contribution is -2.31. The maximum atomic E-state index is 5.46. The third kappa shape index (κ3) is 4.60. The molecule has 154 valence electrons. The summed E-state index contributed by atoms with van der Waals surface area (Å²) in [6.07, 6.45) is 11.2. The van der Waals surface area contributed by atoms with Crippen molar-refractivity contribution >= 4 is 11.8 Å². The van der Waals surface area contributed by atoms with Gasteiger partial charge >= 0.3 is 0 Å². The molecule has 0 bridgehead atoms. The molecule has 0 saturated heterocycles. The minimum Gasteiger partial charge on any atom is -0.493 e. The molecule has 1 N–H and O–H groups in total. The Morgan fingerprint density at radius 1 is 1.07 bits per heavy atom. The lowest BCUT2D eigenvalue weighted by molar-refractivity contribution is 0.353. The van der Waals surface area contributed by atoms with Gasteiger partial charge in [0.05, 0.1) is 20.4 Å². The van der Waals surface area contributed by atoms with E-state index in [9.17, 15) is 0 Å². The van der Waals surface area contributed by atoms with Gasteiger partial charge in [-0.3, -0.25) is 0 Å². The highest BCUT2D eigenvalue weighted by Crippen LogP contribution is 2.34. The fraction of sp³-hybridized carbons (Fsp3) is 0.500. The number of rotatable bonds is 7. The molecule has 0 radical (unpaired) electrons. The predicted octanol–water partition coefficient (Wildman–Crippen LogP) is 3.75. The molecule has 1 aliphatic heterocycles. The van der Waals surface area contributed by atoms with Crippen LogP contribution in [0.5, 0.6) is 11.5 Å². The van der Waals surface area contributed by atoms with Gasteiger partial charge < -0.3 is 19.7 Å². The minimum absolute atomic E-state index is 0.594. The van der Waals surface area contributed by atoms with Crippen LogP contribution in [0.4, 0.5) is 11.8 Å². The number of benzene rings is 1. The molecule has 2 aromatic rings. The highest BCUT2D eigenvalue weighted by molar-refractivity contribution is 5.52. The van der Waals surface area contributed by atoms with Gasteiger partial charge in [0.25, 0.3) is 0 Å². The fourth-order valence-corrected chi connectivity index (χ4v) is 4.07. The largest absolute Gasteiger partial charge is 0.493 e. The first-order chi connectivity index (χ1) is 14.3. The summed E-state index contributed by atoms with van der Waals surface area (Å²) in [5.41, 5.74) is 4.07. The summed E-state index contributed by atoms with van der Waals surface area (Å²) in [4.78, 5) is 6.93. The minimum atomic E-state index is 0.594. The molecule has 7 heteroatoms. The molecule has 0 spiro atoms. The van der Waals surface area contributed by atoms with Crippen molar-refractivity contribution in [3.8, 4) is 11.5 Å². The number of nitrogens with one attached hydrogen (secondary N) is 1. The zero-order valence-electron chi connectivity index (χ0n) is 17.3. The Balaban J connectivity index is 1.41. The van der Waals surface area contributed by atoms with Gasteiger partial charge in [0.2, 0.25) is 5.95 Å². The van der Waals surface area contributed by atoms with Crippen LogP contribution < -0.4 is 19.7 Å². The maximum Gasteiger partial charge on any atom is 0.244 e. The number of fused-ring (bicyclic) bond motifs is 1. The van der Waals surface area contributed by atoms with E-state index < -0.39 is 0 Å². The normalized spacial score (nSPS) is 16.1. The smallest absolute Gasteiger partial charge is 0.244 e. The van der Waals surface area contributed by atoms with Gasteiger partial charge in [0.1, 0.15) is 0 Å². The van der Waals surface area contributed by atoms with E-state index in [0.29, 0.717) is 5.95 Å². The summed E-state index contributed by atoms with van der Waals surface area (Å²) in [5, 5.41) is 11.7. The number of allylic oxidation sites excluding steroid dienone is 1. The molecule has 7 nitrogen and oxygen atoms in total.